The Hall–Kier alpha value is -2.65. The minimum atomic E-state index is -4.78. The predicted molar refractivity (Wildman–Crippen MR) is 73.4 cm³/mol. The van der Waals surface area contributed by atoms with E-state index in [9.17, 15) is 32.9 Å². The number of nitrogens with zero attached hydrogens (tertiary/aromatic N) is 1. The summed E-state index contributed by atoms with van der Waals surface area (Å²) in [4.78, 5) is 33.1. The van der Waals surface area contributed by atoms with Crippen molar-refractivity contribution in [1.29, 1.82) is 0 Å². The fraction of sp³-hybridized carbons (Fsp3) is 0.385. The van der Waals surface area contributed by atoms with Crippen LogP contribution in [-0.2, 0) is 11.0 Å². The number of primary amides is 1. The molecule has 1 aromatic rings. The second-order valence-corrected chi connectivity index (χ2v) is 5.08. The first-order valence-corrected chi connectivity index (χ1v) is 6.41. The molecule has 3 N–H and O–H groups in total. The maximum atomic E-state index is 12.6. The molecule has 0 aliphatic carbocycles. The Morgan fingerprint density at radius 2 is 1.87 bits per heavy atom. The van der Waals surface area contributed by atoms with Crippen LogP contribution in [0, 0.1) is 16.0 Å². The molecule has 0 saturated heterocycles. The van der Waals surface area contributed by atoms with Crippen LogP contribution in [0.1, 0.15) is 29.8 Å². The molecule has 0 spiro atoms. The standard InChI is InChI=1S/C13H14F3N3O4/c1-6(2)10(11(17)20)18-12(21)8-4-3-7(13(14,15)16)5-9(8)19(22)23/h3-6,10H,1-2H3,(H2,17,20)(H,18,21)/t10-/m1/s1. The number of nitro benzene ring substituents is 1. The van der Waals surface area contributed by atoms with E-state index in [1.807, 2.05) is 0 Å². The van der Waals surface area contributed by atoms with Crippen LogP contribution in [0.25, 0.3) is 0 Å². The van der Waals surface area contributed by atoms with E-state index in [4.69, 9.17) is 5.73 Å². The highest BCUT2D eigenvalue weighted by Crippen LogP contribution is 2.33. The molecule has 0 unspecified atom stereocenters. The number of amides is 2. The first kappa shape index (κ1) is 18.4. The molecule has 126 valence electrons. The zero-order valence-electron chi connectivity index (χ0n) is 12.2. The van der Waals surface area contributed by atoms with Crippen molar-refractivity contribution in [1.82, 2.24) is 5.32 Å². The largest absolute Gasteiger partial charge is 0.416 e. The maximum Gasteiger partial charge on any atom is 0.416 e. The van der Waals surface area contributed by atoms with Crippen LogP contribution in [0.3, 0.4) is 0 Å². The minimum absolute atomic E-state index is 0.267. The number of hydrogen-bond acceptors (Lipinski definition) is 4. The SMILES string of the molecule is CC(C)[C@@H](NC(=O)c1ccc(C(F)(F)F)cc1[N+](=O)[O-])C(N)=O. The number of benzene rings is 1. The molecule has 7 nitrogen and oxygen atoms in total. The topological polar surface area (TPSA) is 115 Å². The molecule has 0 radical (unpaired) electrons. The summed E-state index contributed by atoms with van der Waals surface area (Å²) in [5.74, 6) is -2.31. The molecular formula is C13H14F3N3O4. The van der Waals surface area contributed by atoms with Crippen molar-refractivity contribution in [2.24, 2.45) is 11.7 Å². The van der Waals surface area contributed by atoms with Crippen LogP contribution in [0.2, 0.25) is 0 Å². The van der Waals surface area contributed by atoms with Crippen LogP contribution in [0.4, 0.5) is 18.9 Å². The Morgan fingerprint density at radius 3 is 2.26 bits per heavy atom. The third-order valence-electron chi connectivity index (χ3n) is 3.03. The molecule has 0 heterocycles. The van der Waals surface area contributed by atoms with Gasteiger partial charge in [-0.1, -0.05) is 13.8 Å². The van der Waals surface area contributed by atoms with E-state index >= 15 is 0 Å². The van der Waals surface area contributed by atoms with Gasteiger partial charge in [-0.15, -0.1) is 0 Å². The van der Waals surface area contributed by atoms with Gasteiger partial charge in [0.2, 0.25) is 5.91 Å². The number of nitrogens with one attached hydrogen (secondary N) is 1. The maximum absolute atomic E-state index is 12.6. The van der Waals surface area contributed by atoms with Gasteiger partial charge in [-0.3, -0.25) is 19.7 Å². The third-order valence-corrected chi connectivity index (χ3v) is 3.03. The van der Waals surface area contributed by atoms with Gasteiger partial charge in [0.1, 0.15) is 11.6 Å². The zero-order chi connectivity index (χ0) is 17.9. The van der Waals surface area contributed by atoms with Crippen LogP contribution >= 0.6 is 0 Å². The van der Waals surface area contributed by atoms with E-state index in [-0.39, 0.29) is 6.07 Å². The lowest BCUT2D eigenvalue weighted by atomic mass is 10.0. The van der Waals surface area contributed by atoms with E-state index < -0.39 is 51.7 Å². The molecule has 0 fully saturated rings. The summed E-state index contributed by atoms with van der Waals surface area (Å²) in [7, 11) is 0. The minimum Gasteiger partial charge on any atom is -0.368 e. The quantitative estimate of drug-likeness (QED) is 0.632. The van der Waals surface area contributed by atoms with E-state index in [0.717, 1.165) is 0 Å². The number of rotatable bonds is 5. The Bertz CT molecular complexity index is 644. The summed E-state index contributed by atoms with van der Waals surface area (Å²) < 4.78 is 37.8. The molecule has 0 bridgehead atoms. The van der Waals surface area contributed by atoms with Gasteiger partial charge in [0.05, 0.1) is 10.5 Å². The number of hydrogen-bond donors (Lipinski definition) is 2. The highest BCUT2D eigenvalue weighted by Gasteiger charge is 2.34. The number of alkyl halides is 3. The summed E-state index contributed by atoms with van der Waals surface area (Å²) in [5.41, 5.74) is 2.26. The Morgan fingerprint density at radius 1 is 1.30 bits per heavy atom. The molecule has 10 heteroatoms. The summed E-state index contributed by atoms with van der Waals surface area (Å²) in [5, 5.41) is 13.1. The molecule has 1 aromatic carbocycles. The van der Waals surface area contributed by atoms with Crippen molar-refractivity contribution in [3.63, 3.8) is 0 Å². The number of carbonyl (C=O) groups excluding carboxylic acids is 2. The average Bonchev–Trinajstić information content (AvgIpc) is 2.41. The van der Waals surface area contributed by atoms with Gasteiger partial charge in [-0.05, 0) is 18.1 Å². The number of nitro groups is 1. The van der Waals surface area contributed by atoms with Crippen molar-refractivity contribution in [2.75, 3.05) is 0 Å². The van der Waals surface area contributed by atoms with Crippen LogP contribution in [0.5, 0.6) is 0 Å². The Balaban J connectivity index is 3.24. The number of nitrogens with two attached hydrogens (primary N) is 1. The van der Waals surface area contributed by atoms with E-state index in [2.05, 4.69) is 5.32 Å². The molecule has 2 amide bonds. The number of halogens is 3. The van der Waals surface area contributed by atoms with Gasteiger partial charge in [0.25, 0.3) is 11.6 Å². The molecule has 0 aliphatic heterocycles. The second-order valence-electron chi connectivity index (χ2n) is 5.08. The molecule has 23 heavy (non-hydrogen) atoms. The van der Waals surface area contributed by atoms with Crippen LogP contribution in [-0.4, -0.2) is 22.8 Å². The fourth-order valence-electron chi connectivity index (χ4n) is 1.84. The predicted octanol–water partition coefficient (Wildman–Crippen LogP) is 1.85. The summed E-state index contributed by atoms with van der Waals surface area (Å²) in [6, 6.07) is 0.402. The lowest BCUT2D eigenvalue weighted by molar-refractivity contribution is -0.385. The monoisotopic (exact) mass is 333 g/mol. The van der Waals surface area contributed by atoms with Crippen molar-refractivity contribution < 1.29 is 27.7 Å². The molecule has 1 rings (SSSR count). The highest BCUT2D eigenvalue weighted by atomic mass is 19.4. The van der Waals surface area contributed by atoms with Gasteiger partial charge in [-0.25, -0.2) is 0 Å². The zero-order valence-corrected chi connectivity index (χ0v) is 12.2. The summed E-state index contributed by atoms with van der Waals surface area (Å²) in [6.07, 6.45) is -4.78. The third kappa shape index (κ3) is 4.41. The molecular weight excluding hydrogens is 319 g/mol. The molecule has 0 aliphatic rings. The van der Waals surface area contributed by atoms with E-state index in [1.54, 1.807) is 13.8 Å². The van der Waals surface area contributed by atoms with Gasteiger partial charge in [0.15, 0.2) is 0 Å². The normalized spacial score (nSPS) is 12.8. The smallest absolute Gasteiger partial charge is 0.368 e. The van der Waals surface area contributed by atoms with Crippen LogP contribution < -0.4 is 11.1 Å². The van der Waals surface area contributed by atoms with Gasteiger partial charge >= 0.3 is 6.18 Å². The Labute approximate surface area is 128 Å². The first-order chi connectivity index (χ1) is 10.4. The molecule has 0 saturated carbocycles. The second kappa shape index (κ2) is 6.63. The van der Waals surface area contributed by atoms with Crippen LogP contribution in [0.15, 0.2) is 18.2 Å². The Kier molecular flexibility index (Phi) is 5.30. The molecule has 0 aromatic heterocycles. The van der Waals surface area contributed by atoms with Gasteiger partial charge < -0.3 is 11.1 Å². The first-order valence-electron chi connectivity index (χ1n) is 6.41. The van der Waals surface area contributed by atoms with E-state index in [0.29, 0.717) is 12.1 Å². The highest BCUT2D eigenvalue weighted by molar-refractivity contribution is 6.00. The number of carbonyl (C=O) groups is 2. The fourth-order valence-corrected chi connectivity index (χ4v) is 1.84. The van der Waals surface area contributed by atoms with Gasteiger partial charge in [0, 0.05) is 6.07 Å². The summed E-state index contributed by atoms with van der Waals surface area (Å²) >= 11 is 0. The van der Waals surface area contributed by atoms with Crippen molar-refractivity contribution in [2.45, 2.75) is 26.1 Å². The molecule has 1 atom stereocenters. The average molecular weight is 333 g/mol. The van der Waals surface area contributed by atoms with Crippen molar-refractivity contribution >= 4 is 17.5 Å². The summed E-state index contributed by atoms with van der Waals surface area (Å²) in [6.45, 7) is 3.16. The van der Waals surface area contributed by atoms with Crippen molar-refractivity contribution in [3.05, 3.63) is 39.4 Å². The van der Waals surface area contributed by atoms with E-state index in [1.165, 1.54) is 0 Å². The lowest BCUT2D eigenvalue weighted by Gasteiger charge is -2.19. The van der Waals surface area contributed by atoms with Gasteiger partial charge in [-0.2, -0.15) is 13.2 Å². The lowest BCUT2D eigenvalue weighted by Crippen LogP contribution is -2.47. The van der Waals surface area contributed by atoms with Crippen molar-refractivity contribution in [3.8, 4) is 0 Å².